The van der Waals surface area contributed by atoms with Crippen molar-refractivity contribution in [3.63, 3.8) is 0 Å². The van der Waals surface area contributed by atoms with E-state index in [1.54, 1.807) is 19.1 Å². The Balaban J connectivity index is 1.77. The van der Waals surface area contributed by atoms with Gasteiger partial charge in [0.1, 0.15) is 5.82 Å². The number of benzene rings is 1. The molecule has 9 heteroatoms. The summed E-state index contributed by atoms with van der Waals surface area (Å²) >= 11 is 2.70. The summed E-state index contributed by atoms with van der Waals surface area (Å²) in [6.45, 7) is 1.67. The summed E-state index contributed by atoms with van der Waals surface area (Å²) in [5.74, 6) is -0.490. The van der Waals surface area contributed by atoms with E-state index < -0.39 is 5.91 Å². The van der Waals surface area contributed by atoms with Crippen molar-refractivity contribution in [2.24, 2.45) is 0 Å². The summed E-state index contributed by atoms with van der Waals surface area (Å²) in [4.78, 5) is 12.1. The molecule has 118 valence electrons. The number of nitrogens with zero attached hydrogens (tertiary/aromatic N) is 3. The first-order valence-corrected chi connectivity index (χ1v) is 8.53. The second-order valence-electron chi connectivity index (χ2n) is 4.57. The molecular weight excluding hydrogens is 339 g/mol. The summed E-state index contributed by atoms with van der Waals surface area (Å²) in [5, 5.41) is 14.4. The molecule has 1 N–H and O–H groups in total. The fourth-order valence-corrected chi connectivity index (χ4v) is 2.93. The van der Waals surface area contributed by atoms with Gasteiger partial charge in [-0.2, -0.15) is 0 Å². The van der Waals surface area contributed by atoms with Crippen LogP contribution in [0.4, 0.5) is 9.52 Å². The number of nitrogens with one attached hydrogen (secondary N) is 1. The number of thioether (sulfide) groups is 1. The van der Waals surface area contributed by atoms with Crippen LogP contribution in [0.1, 0.15) is 16.1 Å². The molecule has 3 rings (SSSR count). The maximum absolute atomic E-state index is 13.6. The molecule has 0 aliphatic heterocycles. The number of carbonyl (C=O) groups excluding carboxylic acids is 1. The summed E-state index contributed by atoms with van der Waals surface area (Å²) in [7, 11) is 0. The smallest absolute Gasteiger partial charge is 0.279 e. The Bertz CT molecular complexity index is 862. The van der Waals surface area contributed by atoms with Crippen LogP contribution in [0.2, 0.25) is 0 Å². The quantitative estimate of drug-likeness (QED) is 0.572. The van der Waals surface area contributed by atoms with Gasteiger partial charge < -0.3 is 4.52 Å². The largest absolute Gasteiger partial charge is 0.355 e. The van der Waals surface area contributed by atoms with E-state index in [1.165, 1.54) is 35.2 Å². The van der Waals surface area contributed by atoms with E-state index in [2.05, 4.69) is 20.7 Å². The van der Waals surface area contributed by atoms with E-state index in [0.717, 1.165) is 4.34 Å². The normalized spacial score (nSPS) is 10.7. The predicted molar refractivity (Wildman–Crippen MR) is 86.3 cm³/mol. The minimum Gasteiger partial charge on any atom is -0.355 e. The van der Waals surface area contributed by atoms with Crippen LogP contribution in [-0.4, -0.2) is 27.5 Å². The van der Waals surface area contributed by atoms with Gasteiger partial charge >= 0.3 is 0 Å². The van der Waals surface area contributed by atoms with E-state index in [-0.39, 0.29) is 11.5 Å². The van der Waals surface area contributed by atoms with E-state index in [1.807, 2.05) is 6.26 Å². The average molecular weight is 350 g/mol. The van der Waals surface area contributed by atoms with Crippen molar-refractivity contribution >= 4 is 34.1 Å². The highest BCUT2D eigenvalue weighted by atomic mass is 32.2. The van der Waals surface area contributed by atoms with Gasteiger partial charge in [0, 0.05) is 11.6 Å². The molecule has 0 unspecified atom stereocenters. The minimum atomic E-state index is -0.462. The van der Waals surface area contributed by atoms with Gasteiger partial charge in [0.15, 0.2) is 15.8 Å². The van der Waals surface area contributed by atoms with Crippen LogP contribution in [0.15, 0.2) is 33.1 Å². The van der Waals surface area contributed by atoms with Crippen molar-refractivity contribution in [3.05, 3.63) is 41.3 Å². The van der Waals surface area contributed by atoms with Crippen LogP contribution < -0.4 is 5.32 Å². The zero-order valence-electron chi connectivity index (χ0n) is 12.2. The van der Waals surface area contributed by atoms with Gasteiger partial charge in [-0.3, -0.25) is 10.1 Å². The average Bonchev–Trinajstić information content (AvgIpc) is 3.19. The Morgan fingerprint density at radius 2 is 2.17 bits per heavy atom. The Labute approximate surface area is 139 Å². The molecule has 2 heterocycles. The minimum absolute atomic E-state index is 0.0851. The number of amides is 1. The SMILES string of the molecule is CSc1nnc(NC(=O)c2cc(-c3ccc(C)c(F)c3)on2)s1. The first kappa shape index (κ1) is 15.6. The predicted octanol–water partition coefficient (Wildman–Crippen LogP) is 3.61. The maximum atomic E-state index is 13.6. The second-order valence-corrected chi connectivity index (χ2v) is 6.60. The van der Waals surface area contributed by atoms with Gasteiger partial charge in [0.25, 0.3) is 5.91 Å². The molecule has 1 amide bonds. The molecule has 0 aliphatic rings. The van der Waals surface area contributed by atoms with Crippen LogP contribution >= 0.6 is 23.1 Å². The molecule has 6 nitrogen and oxygen atoms in total. The van der Waals surface area contributed by atoms with E-state index in [0.29, 0.717) is 22.0 Å². The molecule has 0 saturated heterocycles. The lowest BCUT2D eigenvalue weighted by molar-refractivity contribution is 0.101. The van der Waals surface area contributed by atoms with Crippen LogP contribution in [0.5, 0.6) is 0 Å². The number of hydrogen-bond donors (Lipinski definition) is 1. The number of halogens is 1. The van der Waals surface area contributed by atoms with Gasteiger partial charge in [-0.05, 0) is 24.8 Å². The summed E-state index contributed by atoms with van der Waals surface area (Å²) in [5.41, 5.74) is 1.13. The highest BCUT2D eigenvalue weighted by molar-refractivity contribution is 8.00. The van der Waals surface area contributed by atoms with Crippen molar-refractivity contribution in [3.8, 4) is 11.3 Å². The lowest BCUT2D eigenvalue weighted by Crippen LogP contribution is -2.11. The number of aryl methyl sites for hydroxylation is 1. The van der Waals surface area contributed by atoms with E-state index >= 15 is 0 Å². The fraction of sp³-hybridized carbons (Fsp3) is 0.143. The van der Waals surface area contributed by atoms with Crippen LogP contribution in [0.3, 0.4) is 0 Å². The van der Waals surface area contributed by atoms with Gasteiger partial charge in [0.05, 0.1) is 0 Å². The van der Waals surface area contributed by atoms with Crippen molar-refractivity contribution in [2.45, 2.75) is 11.3 Å². The molecule has 0 aliphatic carbocycles. The van der Waals surface area contributed by atoms with Crippen molar-refractivity contribution in [1.82, 2.24) is 15.4 Å². The first-order valence-electron chi connectivity index (χ1n) is 6.49. The number of anilines is 1. The van der Waals surface area contributed by atoms with Gasteiger partial charge in [-0.25, -0.2) is 4.39 Å². The molecule has 0 spiro atoms. The van der Waals surface area contributed by atoms with Gasteiger partial charge in [0.2, 0.25) is 5.13 Å². The van der Waals surface area contributed by atoms with Crippen LogP contribution in [-0.2, 0) is 0 Å². The number of hydrogen-bond acceptors (Lipinski definition) is 7. The molecule has 3 aromatic rings. The van der Waals surface area contributed by atoms with Crippen molar-refractivity contribution in [1.29, 1.82) is 0 Å². The molecule has 0 radical (unpaired) electrons. The van der Waals surface area contributed by atoms with Gasteiger partial charge in [-0.15, -0.1) is 10.2 Å². The third kappa shape index (κ3) is 3.40. The van der Waals surface area contributed by atoms with Crippen molar-refractivity contribution in [2.75, 3.05) is 11.6 Å². The molecular formula is C14H11FN4O2S2. The van der Waals surface area contributed by atoms with Crippen LogP contribution in [0, 0.1) is 12.7 Å². The van der Waals surface area contributed by atoms with Gasteiger partial charge in [-0.1, -0.05) is 40.4 Å². The monoisotopic (exact) mass is 350 g/mol. The number of rotatable bonds is 4. The summed E-state index contributed by atoms with van der Waals surface area (Å²) < 4.78 is 19.5. The van der Waals surface area contributed by atoms with E-state index in [9.17, 15) is 9.18 Å². The Kier molecular flexibility index (Phi) is 4.39. The molecule has 0 atom stereocenters. The molecule has 23 heavy (non-hydrogen) atoms. The number of aromatic nitrogens is 3. The molecule has 0 bridgehead atoms. The zero-order chi connectivity index (χ0) is 16.4. The highest BCUT2D eigenvalue weighted by Crippen LogP contribution is 2.25. The standard InChI is InChI=1S/C14H11FN4O2S2/c1-7-3-4-8(5-9(7)15)11-6-10(19-21-11)12(20)16-13-17-18-14(22-2)23-13/h3-6H,1-2H3,(H,16,17,20). The second kappa shape index (κ2) is 6.47. The maximum Gasteiger partial charge on any atom is 0.279 e. The molecule has 0 fully saturated rings. The summed E-state index contributed by atoms with van der Waals surface area (Å²) in [6.07, 6.45) is 1.87. The fourth-order valence-electron chi connectivity index (χ4n) is 1.77. The zero-order valence-corrected chi connectivity index (χ0v) is 13.8. The third-order valence-corrected chi connectivity index (χ3v) is 4.81. The Hall–Kier alpha value is -2.26. The molecule has 1 aromatic carbocycles. The lowest BCUT2D eigenvalue weighted by Gasteiger charge is -1.98. The van der Waals surface area contributed by atoms with Crippen molar-refractivity contribution < 1.29 is 13.7 Å². The Morgan fingerprint density at radius 1 is 1.35 bits per heavy atom. The third-order valence-electron chi connectivity index (χ3n) is 3.00. The van der Waals surface area contributed by atoms with Crippen LogP contribution in [0.25, 0.3) is 11.3 Å². The lowest BCUT2D eigenvalue weighted by atomic mass is 10.1. The van der Waals surface area contributed by atoms with E-state index in [4.69, 9.17) is 4.52 Å². The Morgan fingerprint density at radius 3 is 2.87 bits per heavy atom. The number of carbonyl (C=O) groups is 1. The molecule has 0 saturated carbocycles. The highest BCUT2D eigenvalue weighted by Gasteiger charge is 2.16. The first-order chi connectivity index (χ1) is 11.1. The topological polar surface area (TPSA) is 80.9 Å². The molecule has 2 aromatic heterocycles. The summed E-state index contributed by atoms with van der Waals surface area (Å²) in [6, 6.07) is 6.14.